The van der Waals surface area contributed by atoms with E-state index in [0.29, 0.717) is 26.1 Å². The van der Waals surface area contributed by atoms with Crippen LogP contribution in [0.4, 0.5) is 0 Å². The number of carbonyl (C=O) groups is 2. The Bertz CT molecular complexity index is 190. The number of esters is 2. The highest BCUT2D eigenvalue weighted by atomic mass is 16.6. The van der Waals surface area contributed by atoms with E-state index in [2.05, 4.69) is 4.74 Å². The summed E-state index contributed by atoms with van der Waals surface area (Å²) in [5.41, 5.74) is 0. The van der Waals surface area contributed by atoms with Crippen LogP contribution in [0.3, 0.4) is 0 Å². The van der Waals surface area contributed by atoms with E-state index in [1.54, 1.807) is 0 Å². The molecule has 0 aromatic rings. The average Bonchev–Trinajstić information content (AvgIpc) is 2.19. The van der Waals surface area contributed by atoms with E-state index in [1.807, 2.05) is 6.92 Å². The minimum Gasteiger partial charge on any atom is -0.462 e. The van der Waals surface area contributed by atoms with Crippen LogP contribution in [-0.2, 0) is 23.8 Å². The first-order valence-corrected chi connectivity index (χ1v) is 5.03. The summed E-state index contributed by atoms with van der Waals surface area (Å²) >= 11 is 0. The minimum absolute atomic E-state index is 0.118. The third-order valence-corrected chi connectivity index (χ3v) is 1.53. The van der Waals surface area contributed by atoms with Gasteiger partial charge in [-0.1, -0.05) is 0 Å². The van der Waals surface area contributed by atoms with Crippen molar-refractivity contribution in [1.29, 1.82) is 0 Å². The Balaban J connectivity index is 3.22. The SMILES string of the molecule is CCOCCCC(=O)OCCOC(C)=O. The second-order valence-corrected chi connectivity index (χ2v) is 2.86. The van der Waals surface area contributed by atoms with Crippen LogP contribution in [-0.4, -0.2) is 38.4 Å². The molecule has 0 bridgehead atoms. The van der Waals surface area contributed by atoms with Crippen molar-refractivity contribution in [3.63, 3.8) is 0 Å². The molecule has 0 aromatic carbocycles. The Hall–Kier alpha value is -1.10. The Labute approximate surface area is 89.7 Å². The lowest BCUT2D eigenvalue weighted by Gasteiger charge is -2.04. The minimum atomic E-state index is -0.373. The van der Waals surface area contributed by atoms with Gasteiger partial charge in [0.2, 0.25) is 0 Å². The maximum absolute atomic E-state index is 11.0. The molecule has 0 unspecified atom stereocenters. The molecule has 0 saturated heterocycles. The molecule has 0 N–H and O–H groups in total. The van der Waals surface area contributed by atoms with Crippen molar-refractivity contribution in [3.05, 3.63) is 0 Å². The molecular formula is C10H18O5. The lowest BCUT2D eigenvalue weighted by atomic mass is 10.3. The van der Waals surface area contributed by atoms with E-state index in [9.17, 15) is 9.59 Å². The van der Waals surface area contributed by atoms with Crippen LogP contribution in [0.25, 0.3) is 0 Å². The van der Waals surface area contributed by atoms with E-state index < -0.39 is 0 Å². The molecule has 5 nitrogen and oxygen atoms in total. The number of hydrogen-bond acceptors (Lipinski definition) is 5. The summed E-state index contributed by atoms with van der Waals surface area (Å²) < 4.78 is 14.5. The van der Waals surface area contributed by atoms with Gasteiger partial charge in [0.15, 0.2) is 0 Å². The maximum atomic E-state index is 11.0. The van der Waals surface area contributed by atoms with Crippen molar-refractivity contribution in [2.24, 2.45) is 0 Å². The summed E-state index contributed by atoms with van der Waals surface area (Å²) in [6.45, 7) is 4.66. The molecule has 0 rings (SSSR count). The third kappa shape index (κ3) is 10.8. The monoisotopic (exact) mass is 218 g/mol. The number of ether oxygens (including phenoxy) is 3. The second-order valence-electron chi connectivity index (χ2n) is 2.86. The van der Waals surface area contributed by atoms with Gasteiger partial charge in [0.1, 0.15) is 13.2 Å². The largest absolute Gasteiger partial charge is 0.462 e. The van der Waals surface area contributed by atoms with Crippen LogP contribution < -0.4 is 0 Å². The van der Waals surface area contributed by atoms with Crippen LogP contribution >= 0.6 is 0 Å². The highest BCUT2D eigenvalue weighted by Gasteiger charge is 2.02. The summed E-state index contributed by atoms with van der Waals surface area (Å²) in [7, 11) is 0. The van der Waals surface area contributed by atoms with Gasteiger partial charge in [-0.25, -0.2) is 0 Å². The van der Waals surface area contributed by atoms with Crippen molar-refractivity contribution in [3.8, 4) is 0 Å². The van der Waals surface area contributed by atoms with Gasteiger partial charge in [0.05, 0.1) is 0 Å². The molecule has 0 aliphatic heterocycles. The van der Waals surface area contributed by atoms with Gasteiger partial charge in [-0.05, 0) is 13.3 Å². The molecular weight excluding hydrogens is 200 g/mol. The maximum Gasteiger partial charge on any atom is 0.305 e. The van der Waals surface area contributed by atoms with Crippen LogP contribution in [0.5, 0.6) is 0 Å². The Morgan fingerprint density at radius 3 is 2.33 bits per heavy atom. The lowest BCUT2D eigenvalue weighted by molar-refractivity contribution is -0.151. The topological polar surface area (TPSA) is 61.8 Å². The molecule has 0 amide bonds. The summed E-state index contributed by atoms with van der Waals surface area (Å²) in [5, 5.41) is 0. The summed E-state index contributed by atoms with van der Waals surface area (Å²) in [5.74, 6) is -0.663. The van der Waals surface area contributed by atoms with Crippen molar-refractivity contribution in [2.45, 2.75) is 26.7 Å². The van der Waals surface area contributed by atoms with Crippen LogP contribution in [0, 0.1) is 0 Å². The highest BCUT2D eigenvalue weighted by molar-refractivity contribution is 5.69. The molecule has 15 heavy (non-hydrogen) atoms. The van der Waals surface area contributed by atoms with E-state index in [-0.39, 0.29) is 25.2 Å². The zero-order chi connectivity index (χ0) is 11.5. The fraction of sp³-hybridized carbons (Fsp3) is 0.800. The molecule has 0 aliphatic rings. The smallest absolute Gasteiger partial charge is 0.305 e. The van der Waals surface area contributed by atoms with E-state index in [0.717, 1.165) is 0 Å². The molecule has 0 aromatic heterocycles. The van der Waals surface area contributed by atoms with Gasteiger partial charge in [-0.2, -0.15) is 0 Å². The van der Waals surface area contributed by atoms with Gasteiger partial charge < -0.3 is 14.2 Å². The lowest BCUT2D eigenvalue weighted by Crippen LogP contribution is -2.12. The molecule has 0 spiro atoms. The normalized spacial score (nSPS) is 9.73. The van der Waals surface area contributed by atoms with Crippen LogP contribution in [0.1, 0.15) is 26.7 Å². The van der Waals surface area contributed by atoms with Gasteiger partial charge >= 0.3 is 11.9 Å². The zero-order valence-corrected chi connectivity index (χ0v) is 9.28. The fourth-order valence-corrected chi connectivity index (χ4v) is 0.876. The van der Waals surface area contributed by atoms with Gasteiger partial charge in [-0.15, -0.1) is 0 Å². The highest BCUT2D eigenvalue weighted by Crippen LogP contribution is 1.94. The zero-order valence-electron chi connectivity index (χ0n) is 9.28. The fourth-order valence-electron chi connectivity index (χ4n) is 0.876. The van der Waals surface area contributed by atoms with Gasteiger partial charge in [-0.3, -0.25) is 9.59 Å². The van der Waals surface area contributed by atoms with Gasteiger partial charge in [0, 0.05) is 26.6 Å². The predicted molar refractivity (Wildman–Crippen MR) is 53.3 cm³/mol. The summed E-state index contributed by atoms with van der Waals surface area (Å²) in [6, 6.07) is 0. The number of hydrogen-bond donors (Lipinski definition) is 0. The number of carbonyl (C=O) groups excluding carboxylic acids is 2. The summed E-state index contributed by atoms with van der Waals surface area (Å²) in [6.07, 6.45) is 0.986. The standard InChI is InChI=1S/C10H18O5/c1-3-13-6-4-5-10(12)15-8-7-14-9(2)11/h3-8H2,1-2H3. The molecule has 0 heterocycles. The van der Waals surface area contributed by atoms with Crippen molar-refractivity contribution in [1.82, 2.24) is 0 Å². The molecule has 88 valence electrons. The summed E-state index contributed by atoms with van der Waals surface area (Å²) in [4.78, 5) is 21.4. The van der Waals surface area contributed by atoms with E-state index in [1.165, 1.54) is 6.92 Å². The molecule has 0 saturated carbocycles. The van der Waals surface area contributed by atoms with Crippen molar-refractivity contribution >= 4 is 11.9 Å². The van der Waals surface area contributed by atoms with Crippen molar-refractivity contribution in [2.75, 3.05) is 26.4 Å². The second kappa shape index (κ2) is 9.45. The molecule has 0 atom stereocenters. The first-order valence-electron chi connectivity index (χ1n) is 5.03. The molecule has 0 fully saturated rings. The molecule has 5 heteroatoms. The van der Waals surface area contributed by atoms with Crippen LogP contribution in [0.15, 0.2) is 0 Å². The average molecular weight is 218 g/mol. The Morgan fingerprint density at radius 2 is 1.73 bits per heavy atom. The van der Waals surface area contributed by atoms with E-state index in [4.69, 9.17) is 9.47 Å². The third-order valence-electron chi connectivity index (χ3n) is 1.53. The van der Waals surface area contributed by atoms with E-state index >= 15 is 0 Å². The molecule has 0 aliphatic carbocycles. The molecule has 0 radical (unpaired) electrons. The van der Waals surface area contributed by atoms with Gasteiger partial charge in [0.25, 0.3) is 0 Å². The quantitative estimate of drug-likeness (QED) is 0.447. The first kappa shape index (κ1) is 13.9. The Morgan fingerprint density at radius 1 is 1.07 bits per heavy atom. The number of rotatable bonds is 8. The van der Waals surface area contributed by atoms with Crippen molar-refractivity contribution < 1.29 is 23.8 Å². The predicted octanol–water partition coefficient (Wildman–Crippen LogP) is 0.909. The van der Waals surface area contributed by atoms with Crippen LogP contribution in [0.2, 0.25) is 0 Å². The Kier molecular flexibility index (Phi) is 8.76. The first-order chi connectivity index (χ1) is 7.16.